The SMILES string of the molecule is Cc1ccc(NC(=O)C2CCCN(C(=O)NCc3cccs3)C2)cc1C. The Morgan fingerprint density at radius 2 is 2.08 bits per heavy atom. The summed E-state index contributed by atoms with van der Waals surface area (Å²) in [5.74, 6) is -0.179. The summed E-state index contributed by atoms with van der Waals surface area (Å²) in [5, 5.41) is 7.94. The molecule has 138 valence electrons. The van der Waals surface area contributed by atoms with Crippen molar-refractivity contribution in [2.24, 2.45) is 5.92 Å². The normalized spacial score (nSPS) is 17.0. The zero-order valence-corrected chi connectivity index (χ0v) is 16.1. The van der Waals surface area contributed by atoms with Crippen molar-refractivity contribution in [2.45, 2.75) is 33.2 Å². The molecular weight excluding hydrogens is 346 g/mol. The van der Waals surface area contributed by atoms with E-state index in [1.165, 1.54) is 5.56 Å². The molecule has 0 radical (unpaired) electrons. The van der Waals surface area contributed by atoms with E-state index in [4.69, 9.17) is 0 Å². The molecular formula is C20H25N3O2S. The van der Waals surface area contributed by atoms with Gasteiger partial charge in [-0.15, -0.1) is 11.3 Å². The molecule has 3 rings (SSSR count). The number of nitrogens with zero attached hydrogens (tertiary/aromatic N) is 1. The van der Waals surface area contributed by atoms with E-state index in [-0.39, 0.29) is 17.9 Å². The summed E-state index contributed by atoms with van der Waals surface area (Å²) >= 11 is 1.62. The number of rotatable bonds is 4. The summed E-state index contributed by atoms with van der Waals surface area (Å²) < 4.78 is 0. The monoisotopic (exact) mass is 371 g/mol. The Morgan fingerprint density at radius 1 is 1.23 bits per heavy atom. The lowest BCUT2D eigenvalue weighted by Gasteiger charge is -2.32. The van der Waals surface area contributed by atoms with Crippen molar-refractivity contribution in [3.63, 3.8) is 0 Å². The number of anilines is 1. The number of carbonyl (C=O) groups is 2. The number of thiophene rings is 1. The standard InChI is InChI=1S/C20H25N3O2S/c1-14-7-8-17(11-15(14)2)22-19(24)16-5-3-9-23(13-16)20(25)21-12-18-6-4-10-26-18/h4,6-8,10-11,16H,3,5,9,12-13H2,1-2H3,(H,21,25)(H,22,24). The lowest BCUT2D eigenvalue weighted by atomic mass is 9.97. The van der Waals surface area contributed by atoms with Crippen LogP contribution in [-0.4, -0.2) is 29.9 Å². The number of carbonyl (C=O) groups excluding carboxylic acids is 2. The Labute approximate surface area is 158 Å². The second-order valence-electron chi connectivity index (χ2n) is 6.81. The van der Waals surface area contributed by atoms with Gasteiger partial charge in [0.05, 0.1) is 12.5 Å². The Balaban J connectivity index is 1.54. The first-order chi connectivity index (χ1) is 12.5. The van der Waals surface area contributed by atoms with Gasteiger partial charge in [-0.25, -0.2) is 4.79 Å². The summed E-state index contributed by atoms with van der Waals surface area (Å²) in [6, 6.07) is 9.80. The first-order valence-electron chi connectivity index (χ1n) is 8.96. The summed E-state index contributed by atoms with van der Waals surface area (Å²) in [4.78, 5) is 27.9. The summed E-state index contributed by atoms with van der Waals surface area (Å²) in [6.45, 7) is 5.78. The van der Waals surface area contributed by atoms with E-state index in [1.807, 2.05) is 42.6 Å². The minimum absolute atomic E-state index is 0.0102. The zero-order chi connectivity index (χ0) is 18.5. The predicted molar refractivity (Wildman–Crippen MR) is 105 cm³/mol. The van der Waals surface area contributed by atoms with Crippen LogP contribution in [0.2, 0.25) is 0 Å². The maximum Gasteiger partial charge on any atom is 0.317 e. The fourth-order valence-electron chi connectivity index (χ4n) is 3.13. The second-order valence-corrected chi connectivity index (χ2v) is 7.84. The molecule has 1 aliphatic heterocycles. The van der Waals surface area contributed by atoms with Crippen LogP contribution in [0, 0.1) is 19.8 Å². The molecule has 1 aliphatic rings. The quantitative estimate of drug-likeness (QED) is 0.855. The van der Waals surface area contributed by atoms with Crippen LogP contribution >= 0.6 is 11.3 Å². The minimum atomic E-state index is -0.169. The number of hydrogen-bond acceptors (Lipinski definition) is 3. The number of amides is 3. The van der Waals surface area contributed by atoms with Crippen molar-refractivity contribution in [2.75, 3.05) is 18.4 Å². The number of nitrogens with one attached hydrogen (secondary N) is 2. The van der Waals surface area contributed by atoms with Crippen molar-refractivity contribution < 1.29 is 9.59 Å². The number of hydrogen-bond donors (Lipinski definition) is 2. The maximum absolute atomic E-state index is 12.6. The molecule has 1 aromatic carbocycles. The number of benzene rings is 1. The van der Waals surface area contributed by atoms with Crippen LogP contribution in [0.25, 0.3) is 0 Å². The molecule has 1 atom stereocenters. The Bertz CT molecular complexity index is 773. The summed E-state index contributed by atoms with van der Waals surface area (Å²) in [7, 11) is 0. The Hall–Kier alpha value is -2.34. The highest BCUT2D eigenvalue weighted by Gasteiger charge is 2.28. The van der Waals surface area contributed by atoms with E-state index in [1.54, 1.807) is 16.2 Å². The van der Waals surface area contributed by atoms with Gasteiger partial charge in [0.2, 0.25) is 5.91 Å². The van der Waals surface area contributed by atoms with Gasteiger partial charge in [0.15, 0.2) is 0 Å². The van der Waals surface area contributed by atoms with Crippen LogP contribution in [0.4, 0.5) is 10.5 Å². The average Bonchev–Trinajstić information content (AvgIpc) is 3.16. The number of urea groups is 1. The molecule has 1 saturated heterocycles. The van der Waals surface area contributed by atoms with Gasteiger partial charge < -0.3 is 15.5 Å². The molecule has 3 amide bonds. The highest BCUT2D eigenvalue weighted by molar-refractivity contribution is 7.09. The van der Waals surface area contributed by atoms with Gasteiger partial charge >= 0.3 is 6.03 Å². The van der Waals surface area contributed by atoms with Crippen LogP contribution in [-0.2, 0) is 11.3 Å². The van der Waals surface area contributed by atoms with E-state index in [9.17, 15) is 9.59 Å². The Morgan fingerprint density at radius 3 is 2.81 bits per heavy atom. The van der Waals surface area contributed by atoms with E-state index in [0.717, 1.165) is 29.0 Å². The smallest absolute Gasteiger partial charge is 0.317 e. The molecule has 26 heavy (non-hydrogen) atoms. The average molecular weight is 372 g/mol. The Kier molecular flexibility index (Phi) is 5.93. The lowest BCUT2D eigenvalue weighted by molar-refractivity contribution is -0.121. The fraction of sp³-hybridized carbons (Fsp3) is 0.400. The van der Waals surface area contributed by atoms with E-state index in [0.29, 0.717) is 19.6 Å². The predicted octanol–water partition coefficient (Wildman–Crippen LogP) is 3.93. The van der Waals surface area contributed by atoms with Gasteiger partial charge in [-0.05, 0) is 61.4 Å². The highest BCUT2D eigenvalue weighted by Crippen LogP contribution is 2.20. The molecule has 2 aromatic rings. The molecule has 0 saturated carbocycles. The zero-order valence-electron chi connectivity index (χ0n) is 15.2. The van der Waals surface area contributed by atoms with Crippen LogP contribution in [0.15, 0.2) is 35.7 Å². The molecule has 0 spiro atoms. The third-order valence-corrected chi connectivity index (χ3v) is 5.72. The second kappa shape index (κ2) is 8.36. The van der Waals surface area contributed by atoms with E-state index in [2.05, 4.69) is 17.6 Å². The third kappa shape index (κ3) is 4.64. The summed E-state index contributed by atoms with van der Waals surface area (Å²) in [6.07, 6.45) is 1.66. The molecule has 0 aliphatic carbocycles. The molecule has 1 aromatic heterocycles. The number of likely N-dealkylation sites (tertiary alicyclic amines) is 1. The van der Waals surface area contributed by atoms with Crippen LogP contribution < -0.4 is 10.6 Å². The molecule has 2 heterocycles. The van der Waals surface area contributed by atoms with Gasteiger partial charge in [0.25, 0.3) is 0 Å². The lowest BCUT2D eigenvalue weighted by Crippen LogP contribution is -2.47. The van der Waals surface area contributed by atoms with Gasteiger partial charge in [-0.1, -0.05) is 12.1 Å². The van der Waals surface area contributed by atoms with Crippen LogP contribution in [0.3, 0.4) is 0 Å². The molecule has 0 bridgehead atoms. The van der Waals surface area contributed by atoms with E-state index < -0.39 is 0 Å². The van der Waals surface area contributed by atoms with Crippen molar-refractivity contribution in [1.29, 1.82) is 0 Å². The van der Waals surface area contributed by atoms with Crippen molar-refractivity contribution in [3.05, 3.63) is 51.7 Å². The summed E-state index contributed by atoms with van der Waals surface area (Å²) in [5.41, 5.74) is 3.17. The first kappa shape index (κ1) is 18.5. The molecule has 1 unspecified atom stereocenters. The maximum atomic E-state index is 12.6. The third-order valence-electron chi connectivity index (χ3n) is 4.85. The van der Waals surface area contributed by atoms with Gasteiger partial charge in [-0.2, -0.15) is 0 Å². The van der Waals surface area contributed by atoms with Gasteiger partial charge in [0.1, 0.15) is 0 Å². The van der Waals surface area contributed by atoms with Crippen LogP contribution in [0.5, 0.6) is 0 Å². The van der Waals surface area contributed by atoms with Crippen molar-refractivity contribution >= 4 is 29.0 Å². The number of piperidine rings is 1. The molecule has 6 heteroatoms. The molecule has 5 nitrogen and oxygen atoms in total. The largest absolute Gasteiger partial charge is 0.333 e. The first-order valence-corrected chi connectivity index (χ1v) is 9.84. The fourth-order valence-corrected chi connectivity index (χ4v) is 3.77. The van der Waals surface area contributed by atoms with Gasteiger partial charge in [-0.3, -0.25) is 4.79 Å². The van der Waals surface area contributed by atoms with Gasteiger partial charge in [0, 0.05) is 23.7 Å². The van der Waals surface area contributed by atoms with E-state index >= 15 is 0 Å². The van der Waals surface area contributed by atoms with Crippen molar-refractivity contribution in [1.82, 2.24) is 10.2 Å². The molecule has 2 N–H and O–H groups in total. The number of aryl methyl sites for hydroxylation is 2. The molecule has 1 fully saturated rings. The highest BCUT2D eigenvalue weighted by atomic mass is 32.1. The van der Waals surface area contributed by atoms with Crippen LogP contribution in [0.1, 0.15) is 28.8 Å². The topological polar surface area (TPSA) is 61.4 Å². The van der Waals surface area contributed by atoms with Crippen molar-refractivity contribution in [3.8, 4) is 0 Å². The minimum Gasteiger partial charge on any atom is -0.333 e.